The fraction of sp³-hybridized carbons (Fsp3) is 0.417. The largest absolute Gasteiger partial charge is 0.294 e. The van der Waals surface area contributed by atoms with Crippen molar-refractivity contribution in [1.29, 1.82) is 0 Å². The molecule has 0 atom stereocenters. The fourth-order valence-electron chi connectivity index (χ4n) is 1.78. The maximum Gasteiger partial charge on any atom is 0.172 e. The zero-order valence-electron chi connectivity index (χ0n) is 10.2. The first-order valence-electron chi connectivity index (χ1n) is 5.57. The van der Waals surface area contributed by atoms with Crippen molar-refractivity contribution in [2.24, 2.45) is 7.05 Å². The van der Waals surface area contributed by atoms with E-state index in [4.69, 9.17) is 0 Å². The molecule has 5 heteroatoms. The summed E-state index contributed by atoms with van der Waals surface area (Å²) in [6.45, 7) is 3.95. The van der Waals surface area contributed by atoms with Crippen LogP contribution in [0.5, 0.6) is 0 Å². The van der Waals surface area contributed by atoms with E-state index in [9.17, 15) is 4.79 Å². The van der Waals surface area contributed by atoms with Crippen molar-refractivity contribution >= 4 is 17.1 Å². The zero-order valence-corrected chi connectivity index (χ0v) is 11.0. The van der Waals surface area contributed by atoms with Crippen LogP contribution in [-0.2, 0) is 19.9 Å². The number of carbonyl (C=O) groups excluding carboxylic acids is 1. The van der Waals surface area contributed by atoms with Crippen LogP contribution < -0.4 is 0 Å². The van der Waals surface area contributed by atoms with E-state index in [1.165, 1.54) is 0 Å². The van der Waals surface area contributed by atoms with E-state index >= 15 is 0 Å². The number of hydrogen-bond donors (Lipinski definition) is 0. The van der Waals surface area contributed by atoms with E-state index < -0.39 is 0 Å². The van der Waals surface area contributed by atoms with Gasteiger partial charge in [0.25, 0.3) is 0 Å². The average Bonchev–Trinajstić information content (AvgIpc) is 2.84. The fourth-order valence-corrected chi connectivity index (χ4v) is 2.39. The summed E-state index contributed by atoms with van der Waals surface area (Å²) in [6.07, 6.45) is 2.93. The van der Waals surface area contributed by atoms with Crippen LogP contribution >= 0.6 is 11.3 Å². The Morgan fingerprint density at radius 3 is 2.88 bits per heavy atom. The highest BCUT2D eigenvalue weighted by molar-refractivity contribution is 7.09. The normalized spacial score (nSPS) is 10.8. The molecule has 0 N–H and O–H groups in total. The lowest BCUT2D eigenvalue weighted by molar-refractivity contribution is 0.0991. The number of ketones is 1. The number of carbonyl (C=O) groups is 1. The molecule has 0 aromatic carbocycles. The highest BCUT2D eigenvalue weighted by Gasteiger charge is 2.15. The molecule has 0 unspecified atom stereocenters. The maximum absolute atomic E-state index is 12.1. The van der Waals surface area contributed by atoms with Crippen LogP contribution in [0.3, 0.4) is 0 Å². The highest BCUT2D eigenvalue weighted by atomic mass is 32.1. The van der Waals surface area contributed by atoms with Crippen LogP contribution in [0.1, 0.15) is 33.7 Å². The van der Waals surface area contributed by atoms with Crippen molar-refractivity contribution in [3.05, 3.63) is 33.5 Å². The zero-order chi connectivity index (χ0) is 12.4. The first-order chi connectivity index (χ1) is 8.10. The van der Waals surface area contributed by atoms with Crippen molar-refractivity contribution in [2.45, 2.75) is 26.7 Å². The minimum atomic E-state index is 0.0975. The van der Waals surface area contributed by atoms with Crippen molar-refractivity contribution in [3.63, 3.8) is 0 Å². The molecule has 0 amide bonds. The van der Waals surface area contributed by atoms with E-state index in [1.807, 2.05) is 26.3 Å². The average molecular weight is 249 g/mol. The SMILES string of the molecule is CCc1nn(C)cc1C(=O)Cc1csc(C)n1. The van der Waals surface area contributed by atoms with E-state index in [2.05, 4.69) is 10.1 Å². The second-order valence-electron chi connectivity index (χ2n) is 3.97. The van der Waals surface area contributed by atoms with Gasteiger partial charge in [-0.05, 0) is 13.3 Å². The quantitative estimate of drug-likeness (QED) is 0.780. The van der Waals surface area contributed by atoms with Gasteiger partial charge in [0.2, 0.25) is 0 Å². The smallest absolute Gasteiger partial charge is 0.172 e. The Morgan fingerprint density at radius 2 is 2.29 bits per heavy atom. The molecule has 2 aromatic heterocycles. The monoisotopic (exact) mass is 249 g/mol. The maximum atomic E-state index is 12.1. The third-order valence-corrected chi connectivity index (χ3v) is 3.37. The molecule has 0 aliphatic heterocycles. The summed E-state index contributed by atoms with van der Waals surface area (Å²) in [5.41, 5.74) is 2.44. The molecular formula is C12H15N3OS. The highest BCUT2D eigenvalue weighted by Crippen LogP contribution is 2.14. The van der Waals surface area contributed by atoms with E-state index in [-0.39, 0.29) is 5.78 Å². The lowest BCUT2D eigenvalue weighted by Crippen LogP contribution is -2.05. The molecule has 17 heavy (non-hydrogen) atoms. The van der Waals surface area contributed by atoms with Crippen LogP contribution in [0.25, 0.3) is 0 Å². The molecule has 2 heterocycles. The Labute approximate surface area is 104 Å². The molecule has 2 rings (SSSR count). The second kappa shape index (κ2) is 4.79. The van der Waals surface area contributed by atoms with E-state index in [0.717, 1.165) is 28.4 Å². The van der Waals surface area contributed by atoms with Crippen LogP contribution in [0.2, 0.25) is 0 Å². The topological polar surface area (TPSA) is 47.8 Å². The van der Waals surface area contributed by atoms with E-state index in [0.29, 0.717) is 6.42 Å². The Morgan fingerprint density at radius 1 is 1.53 bits per heavy atom. The number of thiazole rings is 1. The number of aryl methyl sites for hydroxylation is 3. The molecule has 0 bridgehead atoms. The molecule has 0 fully saturated rings. The third kappa shape index (κ3) is 2.61. The van der Waals surface area contributed by atoms with Gasteiger partial charge in [0.05, 0.1) is 28.4 Å². The van der Waals surface area contributed by atoms with Gasteiger partial charge in [-0.25, -0.2) is 4.98 Å². The molecule has 0 saturated heterocycles. The summed E-state index contributed by atoms with van der Waals surface area (Å²) in [4.78, 5) is 16.4. The van der Waals surface area contributed by atoms with Gasteiger partial charge in [-0.3, -0.25) is 9.48 Å². The number of aromatic nitrogens is 3. The minimum Gasteiger partial charge on any atom is -0.294 e. The van der Waals surface area contributed by atoms with Crippen molar-refractivity contribution < 1.29 is 4.79 Å². The van der Waals surface area contributed by atoms with E-state index in [1.54, 1.807) is 22.2 Å². The summed E-state index contributed by atoms with van der Waals surface area (Å²) in [5, 5.41) is 7.21. The second-order valence-corrected chi connectivity index (χ2v) is 5.04. The predicted molar refractivity (Wildman–Crippen MR) is 67.5 cm³/mol. The Bertz CT molecular complexity index is 542. The van der Waals surface area contributed by atoms with Gasteiger partial charge in [0, 0.05) is 18.6 Å². The molecule has 4 nitrogen and oxygen atoms in total. The third-order valence-electron chi connectivity index (χ3n) is 2.55. The van der Waals surface area contributed by atoms with Gasteiger partial charge in [0.15, 0.2) is 5.78 Å². The Kier molecular flexibility index (Phi) is 3.38. The first kappa shape index (κ1) is 12.0. The van der Waals surface area contributed by atoms with Gasteiger partial charge in [0.1, 0.15) is 0 Å². The molecule has 0 radical (unpaired) electrons. The molecule has 0 spiro atoms. The van der Waals surface area contributed by atoms with Gasteiger partial charge in [-0.1, -0.05) is 6.92 Å². The molecule has 0 aliphatic carbocycles. The number of nitrogens with zero attached hydrogens (tertiary/aromatic N) is 3. The van der Waals surface area contributed by atoms with Gasteiger partial charge < -0.3 is 0 Å². The summed E-state index contributed by atoms with van der Waals surface area (Å²) in [6, 6.07) is 0. The molecule has 0 saturated carbocycles. The lowest BCUT2D eigenvalue weighted by Gasteiger charge is -1.97. The van der Waals surface area contributed by atoms with Crippen molar-refractivity contribution in [2.75, 3.05) is 0 Å². The lowest BCUT2D eigenvalue weighted by atomic mass is 10.1. The van der Waals surface area contributed by atoms with Crippen molar-refractivity contribution in [1.82, 2.24) is 14.8 Å². The van der Waals surface area contributed by atoms with Gasteiger partial charge in [-0.2, -0.15) is 5.10 Å². The summed E-state index contributed by atoms with van der Waals surface area (Å²) in [7, 11) is 1.84. The van der Waals surface area contributed by atoms with Crippen LogP contribution in [0.4, 0.5) is 0 Å². The van der Waals surface area contributed by atoms with Crippen LogP contribution in [0.15, 0.2) is 11.6 Å². The number of rotatable bonds is 4. The number of hydrogen-bond acceptors (Lipinski definition) is 4. The molecule has 0 aliphatic rings. The molecular weight excluding hydrogens is 234 g/mol. The van der Waals surface area contributed by atoms with Gasteiger partial charge >= 0.3 is 0 Å². The first-order valence-corrected chi connectivity index (χ1v) is 6.44. The summed E-state index contributed by atoms with van der Waals surface area (Å²) in [5.74, 6) is 0.0975. The van der Waals surface area contributed by atoms with Crippen LogP contribution in [-0.4, -0.2) is 20.5 Å². The van der Waals surface area contributed by atoms with Crippen LogP contribution in [0, 0.1) is 6.92 Å². The summed E-state index contributed by atoms with van der Waals surface area (Å²) >= 11 is 1.57. The molecule has 90 valence electrons. The van der Waals surface area contributed by atoms with Crippen molar-refractivity contribution in [3.8, 4) is 0 Å². The predicted octanol–water partition coefficient (Wildman–Crippen LogP) is 2.17. The molecule has 2 aromatic rings. The standard InChI is InChI=1S/C12H15N3OS/c1-4-11-10(6-15(3)14-11)12(16)5-9-7-17-8(2)13-9/h6-7H,4-5H2,1-3H3. The minimum absolute atomic E-state index is 0.0975. The number of Topliss-reactive ketones (excluding diaryl/α,β-unsaturated/α-hetero) is 1. The van der Waals surface area contributed by atoms with Gasteiger partial charge in [-0.15, -0.1) is 11.3 Å². The summed E-state index contributed by atoms with van der Waals surface area (Å²) < 4.78 is 1.69. The Hall–Kier alpha value is -1.49. The Balaban J connectivity index is 2.19.